The van der Waals surface area contributed by atoms with Crippen LogP contribution in [0.3, 0.4) is 0 Å². The normalized spacial score (nSPS) is 16.1. The van der Waals surface area contributed by atoms with Crippen LogP contribution in [0.4, 0.5) is 0 Å². The van der Waals surface area contributed by atoms with E-state index in [4.69, 9.17) is 4.98 Å². The SMILES string of the molecule is Cc1cc2nc(C3CCN(C(=O)c4ccsc4)CC3)ccn2n1. The molecule has 0 atom stereocenters. The molecule has 0 saturated carbocycles. The number of nitrogens with zero attached hydrogens (tertiary/aromatic N) is 4. The lowest BCUT2D eigenvalue weighted by Gasteiger charge is -2.31. The number of carbonyl (C=O) groups is 1. The van der Waals surface area contributed by atoms with E-state index in [9.17, 15) is 4.79 Å². The number of aromatic nitrogens is 3. The number of rotatable bonds is 2. The van der Waals surface area contributed by atoms with Gasteiger partial charge in [0.1, 0.15) is 0 Å². The van der Waals surface area contributed by atoms with E-state index in [1.54, 1.807) is 11.3 Å². The first-order valence-electron chi connectivity index (χ1n) is 7.85. The predicted molar refractivity (Wildman–Crippen MR) is 89.9 cm³/mol. The van der Waals surface area contributed by atoms with Crippen molar-refractivity contribution in [3.63, 3.8) is 0 Å². The van der Waals surface area contributed by atoms with Gasteiger partial charge in [-0.15, -0.1) is 0 Å². The van der Waals surface area contributed by atoms with Gasteiger partial charge in [-0.1, -0.05) is 0 Å². The second kappa shape index (κ2) is 5.77. The number of hydrogen-bond acceptors (Lipinski definition) is 4. The molecule has 0 unspecified atom stereocenters. The molecular formula is C17H18N4OS. The molecule has 1 amide bonds. The summed E-state index contributed by atoms with van der Waals surface area (Å²) in [5.41, 5.74) is 3.80. The molecule has 1 aliphatic rings. The molecule has 4 heterocycles. The van der Waals surface area contributed by atoms with Crippen molar-refractivity contribution in [3.8, 4) is 0 Å². The van der Waals surface area contributed by atoms with E-state index in [2.05, 4.69) is 11.2 Å². The number of hydrogen-bond donors (Lipinski definition) is 0. The number of thiophene rings is 1. The third-order valence-corrected chi connectivity index (χ3v) is 5.12. The summed E-state index contributed by atoms with van der Waals surface area (Å²) in [4.78, 5) is 19.1. The second-order valence-electron chi connectivity index (χ2n) is 6.02. The zero-order valence-corrected chi connectivity index (χ0v) is 13.8. The van der Waals surface area contributed by atoms with Crippen LogP contribution in [0.1, 0.15) is 40.5 Å². The molecule has 0 N–H and O–H groups in total. The molecule has 1 saturated heterocycles. The van der Waals surface area contributed by atoms with Gasteiger partial charge < -0.3 is 4.90 Å². The number of carbonyl (C=O) groups excluding carboxylic acids is 1. The molecule has 1 fully saturated rings. The Kier molecular flexibility index (Phi) is 3.61. The fourth-order valence-electron chi connectivity index (χ4n) is 3.19. The van der Waals surface area contributed by atoms with Crippen molar-refractivity contribution in [2.24, 2.45) is 0 Å². The molecule has 0 radical (unpaired) electrons. The maximum atomic E-state index is 12.4. The number of piperidine rings is 1. The van der Waals surface area contributed by atoms with Crippen LogP contribution < -0.4 is 0 Å². The van der Waals surface area contributed by atoms with E-state index in [0.717, 1.165) is 48.5 Å². The second-order valence-corrected chi connectivity index (χ2v) is 6.80. The maximum absolute atomic E-state index is 12.4. The summed E-state index contributed by atoms with van der Waals surface area (Å²) in [5, 5.41) is 8.24. The smallest absolute Gasteiger partial charge is 0.254 e. The number of fused-ring (bicyclic) bond motifs is 1. The Morgan fingerprint density at radius 2 is 2.13 bits per heavy atom. The topological polar surface area (TPSA) is 50.5 Å². The van der Waals surface area contributed by atoms with Crippen LogP contribution >= 0.6 is 11.3 Å². The molecule has 1 aliphatic heterocycles. The summed E-state index contributed by atoms with van der Waals surface area (Å²) in [6.07, 6.45) is 3.91. The van der Waals surface area contributed by atoms with Gasteiger partial charge in [-0.3, -0.25) is 4.79 Å². The van der Waals surface area contributed by atoms with Crippen molar-refractivity contribution in [2.45, 2.75) is 25.7 Å². The van der Waals surface area contributed by atoms with Gasteiger partial charge in [-0.05, 0) is 37.3 Å². The van der Waals surface area contributed by atoms with Crippen LogP contribution in [-0.2, 0) is 0 Å². The largest absolute Gasteiger partial charge is 0.339 e. The monoisotopic (exact) mass is 326 g/mol. The average Bonchev–Trinajstić information content (AvgIpc) is 3.22. The van der Waals surface area contributed by atoms with E-state index >= 15 is 0 Å². The molecule has 3 aromatic heterocycles. The van der Waals surface area contributed by atoms with Crippen molar-refractivity contribution >= 4 is 22.9 Å². The van der Waals surface area contributed by atoms with E-state index in [1.165, 1.54) is 0 Å². The first-order valence-corrected chi connectivity index (χ1v) is 8.79. The molecule has 0 aromatic carbocycles. The first-order chi connectivity index (χ1) is 11.2. The average molecular weight is 326 g/mol. The highest BCUT2D eigenvalue weighted by Crippen LogP contribution is 2.28. The summed E-state index contributed by atoms with van der Waals surface area (Å²) < 4.78 is 1.81. The minimum atomic E-state index is 0.152. The van der Waals surface area contributed by atoms with Crippen LogP contribution in [0.2, 0.25) is 0 Å². The molecule has 0 aliphatic carbocycles. The minimum absolute atomic E-state index is 0.152. The lowest BCUT2D eigenvalue weighted by Crippen LogP contribution is -2.37. The van der Waals surface area contributed by atoms with Crippen molar-refractivity contribution in [1.29, 1.82) is 0 Å². The fraction of sp³-hybridized carbons (Fsp3) is 0.353. The Balaban J connectivity index is 1.47. The zero-order chi connectivity index (χ0) is 15.8. The summed E-state index contributed by atoms with van der Waals surface area (Å²) in [7, 11) is 0. The number of amides is 1. The molecular weight excluding hydrogens is 308 g/mol. The fourth-order valence-corrected chi connectivity index (χ4v) is 3.82. The highest BCUT2D eigenvalue weighted by molar-refractivity contribution is 7.08. The van der Waals surface area contributed by atoms with Gasteiger partial charge in [-0.25, -0.2) is 9.50 Å². The third-order valence-electron chi connectivity index (χ3n) is 4.44. The van der Waals surface area contributed by atoms with Gasteiger partial charge in [0.2, 0.25) is 0 Å². The van der Waals surface area contributed by atoms with Crippen molar-refractivity contribution < 1.29 is 4.79 Å². The van der Waals surface area contributed by atoms with Crippen molar-refractivity contribution in [2.75, 3.05) is 13.1 Å². The third kappa shape index (κ3) is 2.74. The van der Waals surface area contributed by atoms with Gasteiger partial charge in [0.15, 0.2) is 5.65 Å². The van der Waals surface area contributed by atoms with E-state index in [1.807, 2.05) is 45.4 Å². The van der Waals surface area contributed by atoms with Gasteiger partial charge in [-0.2, -0.15) is 16.4 Å². The highest BCUT2D eigenvalue weighted by Gasteiger charge is 2.25. The van der Waals surface area contributed by atoms with E-state index in [-0.39, 0.29) is 5.91 Å². The van der Waals surface area contributed by atoms with Crippen LogP contribution in [-0.4, -0.2) is 38.5 Å². The van der Waals surface area contributed by atoms with Crippen molar-refractivity contribution in [1.82, 2.24) is 19.5 Å². The molecule has 3 aromatic rings. The lowest BCUT2D eigenvalue weighted by molar-refractivity contribution is 0.0712. The maximum Gasteiger partial charge on any atom is 0.254 e. The Morgan fingerprint density at radius 1 is 1.30 bits per heavy atom. The summed E-state index contributed by atoms with van der Waals surface area (Å²) in [5.74, 6) is 0.571. The van der Waals surface area contributed by atoms with Crippen LogP contribution in [0, 0.1) is 6.92 Å². The Morgan fingerprint density at radius 3 is 2.87 bits per heavy atom. The van der Waals surface area contributed by atoms with Crippen LogP contribution in [0.25, 0.3) is 5.65 Å². The van der Waals surface area contributed by atoms with Crippen LogP contribution in [0.15, 0.2) is 35.2 Å². The lowest BCUT2D eigenvalue weighted by atomic mass is 9.93. The Labute approximate surface area is 138 Å². The highest BCUT2D eigenvalue weighted by atomic mass is 32.1. The van der Waals surface area contributed by atoms with E-state index < -0.39 is 0 Å². The number of likely N-dealkylation sites (tertiary alicyclic amines) is 1. The molecule has 23 heavy (non-hydrogen) atoms. The quantitative estimate of drug-likeness (QED) is 0.727. The molecule has 6 heteroatoms. The minimum Gasteiger partial charge on any atom is -0.339 e. The molecule has 0 spiro atoms. The summed E-state index contributed by atoms with van der Waals surface area (Å²) in [6.45, 7) is 3.57. The van der Waals surface area contributed by atoms with Gasteiger partial charge in [0, 0.05) is 42.3 Å². The van der Waals surface area contributed by atoms with Crippen LogP contribution in [0.5, 0.6) is 0 Å². The van der Waals surface area contributed by atoms with Gasteiger partial charge in [0.25, 0.3) is 5.91 Å². The Hall–Kier alpha value is -2.21. The van der Waals surface area contributed by atoms with E-state index in [0.29, 0.717) is 5.92 Å². The molecule has 0 bridgehead atoms. The van der Waals surface area contributed by atoms with Crippen molar-refractivity contribution in [3.05, 3.63) is 52.1 Å². The van der Waals surface area contributed by atoms with Gasteiger partial charge in [0.05, 0.1) is 11.3 Å². The molecule has 5 nitrogen and oxygen atoms in total. The zero-order valence-electron chi connectivity index (χ0n) is 13.0. The predicted octanol–water partition coefficient (Wildman–Crippen LogP) is 3.12. The Bertz CT molecular complexity index is 832. The molecule has 118 valence electrons. The standard InChI is InChI=1S/C17H18N4OS/c1-12-10-16-18-15(4-8-21(16)19-12)13-2-6-20(7-3-13)17(22)14-5-9-23-11-14/h4-5,8-11,13H,2-3,6-7H2,1H3. The summed E-state index contributed by atoms with van der Waals surface area (Å²) in [6, 6.07) is 5.95. The number of aryl methyl sites for hydroxylation is 1. The van der Waals surface area contributed by atoms with Gasteiger partial charge >= 0.3 is 0 Å². The first kappa shape index (κ1) is 14.4. The summed E-state index contributed by atoms with van der Waals surface area (Å²) >= 11 is 1.57. The molecule has 4 rings (SSSR count).